The molecule has 66 valence electrons. The summed E-state index contributed by atoms with van der Waals surface area (Å²) in [6, 6.07) is 0.346. The smallest absolute Gasteiger partial charge is 0.125 e. The number of ether oxygens (including phenoxy) is 1. The SMILES string of the molecule is Cc1cnn(C2CCOC2)c1N. The number of rotatable bonds is 1. The van der Waals surface area contributed by atoms with Gasteiger partial charge in [0.15, 0.2) is 0 Å². The summed E-state index contributed by atoms with van der Waals surface area (Å²) in [5.74, 6) is 0.769. The Morgan fingerprint density at radius 3 is 3.08 bits per heavy atom. The molecular formula is C8H13N3O. The Hall–Kier alpha value is -1.03. The third kappa shape index (κ3) is 1.08. The van der Waals surface area contributed by atoms with E-state index in [-0.39, 0.29) is 0 Å². The minimum absolute atomic E-state index is 0.346. The molecule has 4 heteroatoms. The van der Waals surface area contributed by atoms with Crippen LogP contribution in [-0.4, -0.2) is 23.0 Å². The van der Waals surface area contributed by atoms with Crippen molar-refractivity contribution in [1.82, 2.24) is 9.78 Å². The van der Waals surface area contributed by atoms with E-state index in [1.54, 1.807) is 6.20 Å². The van der Waals surface area contributed by atoms with Gasteiger partial charge in [0, 0.05) is 12.2 Å². The third-order valence-corrected chi connectivity index (χ3v) is 2.28. The van der Waals surface area contributed by atoms with Gasteiger partial charge in [0.05, 0.1) is 18.8 Å². The minimum atomic E-state index is 0.346. The number of anilines is 1. The maximum Gasteiger partial charge on any atom is 0.125 e. The lowest BCUT2D eigenvalue weighted by atomic mass is 10.2. The number of nitrogen functional groups attached to an aromatic ring is 1. The van der Waals surface area contributed by atoms with E-state index in [2.05, 4.69) is 5.10 Å². The zero-order chi connectivity index (χ0) is 8.55. The fourth-order valence-corrected chi connectivity index (χ4v) is 1.46. The van der Waals surface area contributed by atoms with E-state index in [0.717, 1.165) is 31.0 Å². The molecule has 0 radical (unpaired) electrons. The molecule has 0 aromatic carbocycles. The van der Waals surface area contributed by atoms with Gasteiger partial charge in [0.25, 0.3) is 0 Å². The summed E-state index contributed by atoms with van der Waals surface area (Å²) < 4.78 is 7.12. The lowest BCUT2D eigenvalue weighted by Crippen LogP contribution is -2.13. The molecule has 0 saturated carbocycles. The summed E-state index contributed by atoms with van der Waals surface area (Å²) >= 11 is 0. The molecule has 2 heterocycles. The van der Waals surface area contributed by atoms with Gasteiger partial charge in [0.2, 0.25) is 0 Å². The number of hydrogen-bond donors (Lipinski definition) is 1. The van der Waals surface area contributed by atoms with Crippen LogP contribution < -0.4 is 5.73 Å². The van der Waals surface area contributed by atoms with E-state index < -0.39 is 0 Å². The first-order valence-electron chi connectivity index (χ1n) is 4.16. The van der Waals surface area contributed by atoms with E-state index in [0.29, 0.717) is 6.04 Å². The predicted octanol–water partition coefficient (Wildman–Crippen LogP) is 0.735. The fourth-order valence-electron chi connectivity index (χ4n) is 1.46. The second-order valence-electron chi connectivity index (χ2n) is 3.17. The van der Waals surface area contributed by atoms with Crippen molar-refractivity contribution in [3.05, 3.63) is 11.8 Å². The molecule has 1 aromatic rings. The third-order valence-electron chi connectivity index (χ3n) is 2.28. The molecule has 0 bridgehead atoms. The highest BCUT2D eigenvalue weighted by Crippen LogP contribution is 2.22. The van der Waals surface area contributed by atoms with E-state index in [4.69, 9.17) is 10.5 Å². The highest BCUT2D eigenvalue weighted by molar-refractivity contribution is 5.37. The molecule has 1 atom stereocenters. The Balaban J connectivity index is 2.26. The van der Waals surface area contributed by atoms with Crippen molar-refractivity contribution < 1.29 is 4.74 Å². The Morgan fingerprint density at radius 2 is 2.58 bits per heavy atom. The van der Waals surface area contributed by atoms with Crippen LogP contribution in [0.2, 0.25) is 0 Å². The Kier molecular flexibility index (Phi) is 1.77. The summed E-state index contributed by atoms with van der Waals surface area (Å²) in [6.07, 6.45) is 2.82. The van der Waals surface area contributed by atoms with E-state index >= 15 is 0 Å². The molecule has 2 N–H and O–H groups in total. The summed E-state index contributed by atoms with van der Waals surface area (Å²) in [5, 5.41) is 4.21. The first kappa shape index (κ1) is 7.61. The molecule has 0 spiro atoms. The van der Waals surface area contributed by atoms with Crippen molar-refractivity contribution in [3.8, 4) is 0 Å². The number of nitrogens with zero attached hydrogens (tertiary/aromatic N) is 2. The van der Waals surface area contributed by atoms with Crippen molar-refractivity contribution >= 4 is 5.82 Å². The molecule has 2 rings (SSSR count). The summed E-state index contributed by atoms with van der Waals surface area (Å²) in [5.41, 5.74) is 6.87. The Bertz CT molecular complexity index is 276. The topological polar surface area (TPSA) is 53.1 Å². The standard InChI is InChI=1S/C8H13N3O/c1-6-4-10-11(8(6)9)7-2-3-12-5-7/h4,7H,2-3,5,9H2,1H3. The highest BCUT2D eigenvalue weighted by atomic mass is 16.5. The zero-order valence-electron chi connectivity index (χ0n) is 7.16. The zero-order valence-corrected chi connectivity index (χ0v) is 7.16. The number of aryl methyl sites for hydroxylation is 1. The van der Waals surface area contributed by atoms with Crippen molar-refractivity contribution in [3.63, 3.8) is 0 Å². The van der Waals surface area contributed by atoms with Gasteiger partial charge in [-0.15, -0.1) is 0 Å². The molecule has 0 aliphatic carbocycles. The van der Waals surface area contributed by atoms with Gasteiger partial charge >= 0.3 is 0 Å². The lowest BCUT2D eigenvalue weighted by Gasteiger charge is -2.09. The molecular weight excluding hydrogens is 154 g/mol. The largest absolute Gasteiger partial charge is 0.384 e. The van der Waals surface area contributed by atoms with Gasteiger partial charge in [0.1, 0.15) is 5.82 Å². The summed E-state index contributed by atoms with van der Waals surface area (Å²) in [4.78, 5) is 0. The quantitative estimate of drug-likeness (QED) is 0.671. The summed E-state index contributed by atoms with van der Waals surface area (Å²) in [7, 11) is 0. The van der Waals surface area contributed by atoms with Crippen LogP contribution in [0.5, 0.6) is 0 Å². The molecule has 1 unspecified atom stereocenters. The van der Waals surface area contributed by atoms with E-state index in [1.807, 2.05) is 11.6 Å². The normalized spacial score (nSPS) is 23.2. The molecule has 1 aliphatic rings. The van der Waals surface area contributed by atoms with Crippen LogP contribution in [0.4, 0.5) is 5.82 Å². The van der Waals surface area contributed by atoms with Crippen LogP contribution in [0.3, 0.4) is 0 Å². The van der Waals surface area contributed by atoms with Crippen LogP contribution in [0.15, 0.2) is 6.20 Å². The molecule has 1 aromatic heterocycles. The number of hydrogen-bond acceptors (Lipinski definition) is 3. The maximum absolute atomic E-state index is 5.83. The van der Waals surface area contributed by atoms with Crippen LogP contribution in [0, 0.1) is 6.92 Å². The first-order valence-corrected chi connectivity index (χ1v) is 4.16. The highest BCUT2D eigenvalue weighted by Gasteiger charge is 2.20. The maximum atomic E-state index is 5.83. The lowest BCUT2D eigenvalue weighted by molar-refractivity contribution is 0.185. The van der Waals surface area contributed by atoms with E-state index in [1.165, 1.54) is 0 Å². The summed E-state index contributed by atoms with van der Waals surface area (Å²) in [6.45, 7) is 3.53. The second kappa shape index (κ2) is 2.79. The molecule has 1 saturated heterocycles. The van der Waals surface area contributed by atoms with E-state index in [9.17, 15) is 0 Å². The van der Waals surface area contributed by atoms with Crippen molar-refractivity contribution in [2.75, 3.05) is 18.9 Å². The van der Waals surface area contributed by atoms with Crippen LogP contribution in [-0.2, 0) is 4.74 Å². The molecule has 12 heavy (non-hydrogen) atoms. The van der Waals surface area contributed by atoms with Gasteiger partial charge in [-0.3, -0.25) is 0 Å². The Labute approximate surface area is 71.3 Å². The van der Waals surface area contributed by atoms with Crippen molar-refractivity contribution in [2.45, 2.75) is 19.4 Å². The monoisotopic (exact) mass is 167 g/mol. The first-order chi connectivity index (χ1) is 5.79. The van der Waals surface area contributed by atoms with Crippen molar-refractivity contribution in [2.24, 2.45) is 0 Å². The van der Waals surface area contributed by atoms with Gasteiger partial charge < -0.3 is 10.5 Å². The van der Waals surface area contributed by atoms with Gasteiger partial charge in [-0.2, -0.15) is 5.10 Å². The second-order valence-corrected chi connectivity index (χ2v) is 3.17. The fraction of sp³-hybridized carbons (Fsp3) is 0.625. The predicted molar refractivity (Wildman–Crippen MR) is 45.8 cm³/mol. The van der Waals surface area contributed by atoms with Crippen LogP contribution in [0.1, 0.15) is 18.0 Å². The van der Waals surface area contributed by atoms with Crippen molar-refractivity contribution in [1.29, 1.82) is 0 Å². The average molecular weight is 167 g/mol. The van der Waals surface area contributed by atoms with Gasteiger partial charge in [-0.25, -0.2) is 4.68 Å². The van der Waals surface area contributed by atoms with Crippen LogP contribution in [0.25, 0.3) is 0 Å². The molecule has 4 nitrogen and oxygen atoms in total. The van der Waals surface area contributed by atoms with Gasteiger partial charge in [-0.05, 0) is 13.3 Å². The number of nitrogens with two attached hydrogens (primary N) is 1. The van der Waals surface area contributed by atoms with Crippen LogP contribution >= 0.6 is 0 Å². The molecule has 1 fully saturated rings. The minimum Gasteiger partial charge on any atom is -0.384 e. The number of aromatic nitrogens is 2. The molecule has 0 amide bonds. The Morgan fingerprint density at radius 1 is 1.75 bits per heavy atom. The molecule has 1 aliphatic heterocycles. The average Bonchev–Trinajstić information content (AvgIpc) is 2.64. The van der Waals surface area contributed by atoms with Gasteiger partial charge in [-0.1, -0.05) is 0 Å².